The maximum atomic E-state index is 12.4. The molecule has 0 unspecified atom stereocenters. The fourth-order valence-corrected chi connectivity index (χ4v) is 4.61. The van der Waals surface area contributed by atoms with Gasteiger partial charge in [0.25, 0.3) is 0 Å². The zero-order valence-corrected chi connectivity index (χ0v) is 16.1. The van der Waals surface area contributed by atoms with E-state index in [1.807, 2.05) is 5.38 Å². The van der Waals surface area contributed by atoms with Crippen LogP contribution < -0.4 is 9.62 Å². The van der Waals surface area contributed by atoms with E-state index in [1.165, 1.54) is 23.5 Å². The van der Waals surface area contributed by atoms with E-state index in [9.17, 15) is 13.2 Å². The Morgan fingerprint density at radius 1 is 1.31 bits per heavy atom. The van der Waals surface area contributed by atoms with E-state index in [2.05, 4.69) is 9.71 Å². The van der Waals surface area contributed by atoms with Crippen molar-refractivity contribution < 1.29 is 17.9 Å². The van der Waals surface area contributed by atoms with E-state index >= 15 is 0 Å². The molecule has 1 aliphatic heterocycles. The number of hydrogen-bond acceptors (Lipinski definition) is 6. The number of anilines is 1. The Kier molecular flexibility index (Phi) is 6.02. The lowest BCUT2D eigenvalue weighted by molar-refractivity contribution is -0.117. The Balaban J connectivity index is 1.58. The predicted molar refractivity (Wildman–Crippen MR) is 99.7 cm³/mol. The standard InChI is InChI=1S/C17H21N3O4S2/c1-24-11-16-19-13(12-25-16)8-9-18-26(22,23)15-6-4-14(5-7-15)20-10-2-3-17(20)21/h4-7,12,18H,2-3,8-11H2,1H3. The minimum atomic E-state index is -3.59. The number of nitrogens with one attached hydrogen (secondary N) is 1. The van der Waals surface area contributed by atoms with E-state index in [4.69, 9.17) is 4.74 Å². The van der Waals surface area contributed by atoms with Crippen LogP contribution in [0.25, 0.3) is 0 Å². The molecule has 3 rings (SSSR count). The largest absolute Gasteiger partial charge is 0.378 e. The van der Waals surface area contributed by atoms with Gasteiger partial charge in [-0.25, -0.2) is 18.1 Å². The van der Waals surface area contributed by atoms with Crippen LogP contribution >= 0.6 is 11.3 Å². The van der Waals surface area contributed by atoms with Crippen LogP contribution in [0.4, 0.5) is 5.69 Å². The summed E-state index contributed by atoms with van der Waals surface area (Å²) in [6, 6.07) is 6.41. The first-order valence-electron chi connectivity index (χ1n) is 8.32. The highest BCUT2D eigenvalue weighted by atomic mass is 32.2. The quantitative estimate of drug-likeness (QED) is 0.738. The number of nitrogens with zero attached hydrogens (tertiary/aromatic N) is 2. The molecule has 0 radical (unpaired) electrons. The van der Waals surface area contributed by atoms with Gasteiger partial charge in [0, 0.05) is 44.1 Å². The van der Waals surface area contributed by atoms with Crippen molar-refractivity contribution in [2.75, 3.05) is 25.1 Å². The molecular formula is C17H21N3O4S2. The minimum absolute atomic E-state index is 0.0786. The second-order valence-electron chi connectivity index (χ2n) is 5.96. The maximum Gasteiger partial charge on any atom is 0.240 e. The van der Waals surface area contributed by atoms with Crippen molar-refractivity contribution in [2.24, 2.45) is 0 Å². The molecule has 2 aromatic rings. The third-order valence-corrected chi connectivity index (χ3v) is 6.42. The van der Waals surface area contributed by atoms with Crippen LogP contribution in [0.2, 0.25) is 0 Å². The molecule has 0 aliphatic carbocycles. The van der Waals surface area contributed by atoms with Crippen molar-refractivity contribution >= 4 is 33.0 Å². The SMILES string of the molecule is COCc1nc(CCNS(=O)(=O)c2ccc(N3CCCC3=O)cc2)cs1. The maximum absolute atomic E-state index is 12.4. The zero-order valence-electron chi connectivity index (χ0n) is 14.5. The molecule has 26 heavy (non-hydrogen) atoms. The third-order valence-electron chi connectivity index (χ3n) is 4.07. The Bertz CT molecular complexity index is 862. The molecule has 1 aromatic carbocycles. The van der Waals surface area contributed by atoms with Crippen LogP contribution in [0.3, 0.4) is 0 Å². The second kappa shape index (κ2) is 8.26. The second-order valence-corrected chi connectivity index (χ2v) is 8.67. The average molecular weight is 396 g/mol. The molecule has 140 valence electrons. The molecule has 0 saturated carbocycles. The van der Waals surface area contributed by atoms with Gasteiger partial charge in [-0.2, -0.15) is 0 Å². The molecule has 0 bridgehead atoms. The number of aromatic nitrogens is 1. The normalized spacial score (nSPS) is 15.0. The van der Waals surface area contributed by atoms with E-state index in [1.54, 1.807) is 24.1 Å². The van der Waals surface area contributed by atoms with Crippen LogP contribution in [0.1, 0.15) is 23.5 Å². The summed E-state index contributed by atoms with van der Waals surface area (Å²) >= 11 is 1.50. The molecule has 7 nitrogen and oxygen atoms in total. The summed E-state index contributed by atoms with van der Waals surface area (Å²) in [4.78, 5) is 18.0. The number of thiazole rings is 1. The molecular weight excluding hydrogens is 374 g/mol. The molecule has 2 heterocycles. The molecule has 1 amide bonds. The number of carbonyl (C=O) groups is 1. The van der Waals surface area contributed by atoms with Gasteiger partial charge in [-0.15, -0.1) is 11.3 Å². The smallest absolute Gasteiger partial charge is 0.240 e. The number of sulfonamides is 1. The van der Waals surface area contributed by atoms with Gasteiger partial charge >= 0.3 is 0 Å². The summed E-state index contributed by atoms with van der Waals surface area (Å²) in [7, 11) is -1.98. The molecule has 1 fully saturated rings. The fraction of sp³-hybridized carbons (Fsp3) is 0.412. The molecule has 1 saturated heterocycles. The fourth-order valence-electron chi connectivity index (χ4n) is 2.78. The summed E-state index contributed by atoms with van der Waals surface area (Å²) in [6.45, 7) is 1.41. The topological polar surface area (TPSA) is 88.6 Å². The van der Waals surface area contributed by atoms with Gasteiger partial charge in [-0.1, -0.05) is 0 Å². The lowest BCUT2D eigenvalue weighted by Gasteiger charge is -2.16. The van der Waals surface area contributed by atoms with Crippen LogP contribution in [-0.4, -0.2) is 39.5 Å². The highest BCUT2D eigenvalue weighted by Crippen LogP contribution is 2.23. The molecule has 9 heteroatoms. The van der Waals surface area contributed by atoms with Crippen molar-refractivity contribution in [2.45, 2.75) is 30.8 Å². The molecule has 1 aromatic heterocycles. The van der Waals surface area contributed by atoms with Crippen molar-refractivity contribution in [3.63, 3.8) is 0 Å². The van der Waals surface area contributed by atoms with Gasteiger partial charge in [0.05, 0.1) is 17.2 Å². The molecule has 1 N–H and O–H groups in total. The van der Waals surface area contributed by atoms with Crippen molar-refractivity contribution in [1.82, 2.24) is 9.71 Å². The first kappa shape index (κ1) is 19.0. The summed E-state index contributed by atoms with van der Waals surface area (Å²) in [5.74, 6) is 0.0786. The lowest BCUT2D eigenvalue weighted by atomic mass is 10.3. The van der Waals surface area contributed by atoms with E-state index in [0.717, 1.165) is 22.8 Å². The van der Waals surface area contributed by atoms with Crippen molar-refractivity contribution in [3.8, 4) is 0 Å². The summed E-state index contributed by atoms with van der Waals surface area (Å²) in [5.41, 5.74) is 1.58. The van der Waals surface area contributed by atoms with Crippen LogP contribution in [0.15, 0.2) is 34.5 Å². The van der Waals surface area contributed by atoms with Crippen molar-refractivity contribution in [3.05, 3.63) is 40.3 Å². The van der Waals surface area contributed by atoms with Gasteiger partial charge in [0.15, 0.2) is 0 Å². The highest BCUT2D eigenvalue weighted by Gasteiger charge is 2.22. The van der Waals surface area contributed by atoms with Crippen LogP contribution in [0.5, 0.6) is 0 Å². The molecule has 0 atom stereocenters. The molecule has 1 aliphatic rings. The lowest BCUT2D eigenvalue weighted by Crippen LogP contribution is -2.26. The highest BCUT2D eigenvalue weighted by molar-refractivity contribution is 7.89. The van der Waals surface area contributed by atoms with Gasteiger partial charge < -0.3 is 9.64 Å². The average Bonchev–Trinajstić information content (AvgIpc) is 3.24. The number of rotatable bonds is 8. The number of amides is 1. The van der Waals surface area contributed by atoms with Crippen LogP contribution in [0, 0.1) is 0 Å². The number of methoxy groups -OCH3 is 1. The number of benzene rings is 1. The van der Waals surface area contributed by atoms with Gasteiger partial charge in [0.1, 0.15) is 5.01 Å². The van der Waals surface area contributed by atoms with E-state index < -0.39 is 10.0 Å². The number of hydrogen-bond donors (Lipinski definition) is 1. The van der Waals surface area contributed by atoms with Crippen molar-refractivity contribution in [1.29, 1.82) is 0 Å². The van der Waals surface area contributed by atoms with Crippen LogP contribution in [-0.2, 0) is 32.6 Å². The summed E-state index contributed by atoms with van der Waals surface area (Å²) in [5, 5.41) is 2.78. The minimum Gasteiger partial charge on any atom is -0.378 e. The molecule has 0 spiro atoms. The third kappa shape index (κ3) is 4.47. The Morgan fingerprint density at radius 3 is 2.73 bits per heavy atom. The van der Waals surface area contributed by atoms with Gasteiger partial charge in [-0.3, -0.25) is 4.79 Å². The Hall–Kier alpha value is -1.81. The first-order valence-corrected chi connectivity index (χ1v) is 10.7. The van der Waals surface area contributed by atoms with E-state index in [0.29, 0.717) is 26.0 Å². The predicted octanol–water partition coefficient (Wildman–Crippen LogP) is 1.94. The summed E-state index contributed by atoms with van der Waals surface area (Å²) < 4.78 is 32.4. The van der Waals surface area contributed by atoms with Gasteiger partial charge in [-0.05, 0) is 30.7 Å². The monoisotopic (exact) mass is 395 g/mol. The number of carbonyl (C=O) groups excluding carboxylic acids is 1. The Morgan fingerprint density at radius 2 is 2.08 bits per heavy atom. The first-order chi connectivity index (χ1) is 12.5. The van der Waals surface area contributed by atoms with E-state index in [-0.39, 0.29) is 17.3 Å². The summed E-state index contributed by atoms with van der Waals surface area (Å²) in [6.07, 6.45) is 1.90. The Labute approximate surface area is 157 Å². The van der Waals surface area contributed by atoms with Gasteiger partial charge in [0.2, 0.25) is 15.9 Å². The number of ether oxygens (including phenoxy) is 1. The zero-order chi connectivity index (χ0) is 18.6.